The lowest BCUT2D eigenvalue weighted by molar-refractivity contribution is -0.113. The zero-order valence-corrected chi connectivity index (χ0v) is 9.29. The van der Waals surface area contributed by atoms with Crippen LogP contribution in [-0.2, 0) is 9.53 Å². The predicted molar refractivity (Wildman–Crippen MR) is 59.4 cm³/mol. The molecule has 2 aliphatic rings. The topological polar surface area (TPSA) is 26.3 Å². The highest BCUT2D eigenvalue weighted by molar-refractivity contribution is 6.08. The molecule has 0 aromatic rings. The van der Waals surface area contributed by atoms with Crippen molar-refractivity contribution in [2.45, 2.75) is 39.0 Å². The number of rotatable bonds is 2. The molecule has 1 atom stereocenters. The Labute approximate surface area is 91.0 Å². The Morgan fingerprint density at radius 2 is 2.27 bits per heavy atom. The van der Waals surface area contributed by atoms with Gasteiger partial charge in [0.15, 0.2) is 5.78 Å². The van der Waals surface area contributed by atoms with E-state index in [1.54, 1.807) is 6.26 Å². The molecule has 0 spiro atoms. The first kappa shape index (κ1) is 10.5. The summed E-state index contributed by atoms with van der Waals surface area (Å²) in [6.07, 6.45) is 8.77. The molecule has 0 saturated heterocycles. The van der Waals surface area contributed by atoms with Crippen molar-refractivity contribution in [3.05, 3.63) is 23.5 Å². The number of hydrogen-bond donors (Lipinski definition) is 0. The van der Waals surface area contributed by atoms with Crippen LogP contribution in [0.2, 0.25) is 0 Å². The lowest BCUT2D eigenvalue weighted by atomic mass is 9.86. The molecule has 2 heteroatoms. The first-order chi connectivity index (χ1) is 7.27. The average molecular weight is 206 g/mol. The molecule has 0 saturated carbocycles. The van der Waals surface area contributed by atoms with Crippen molar-refractivity contribution in [1.29, 1.82) is 0 Å². The summed E-state index contributed by atoms with van der Waals surface area (Å²) in [6, 6.07) is 0. The van der Waals surface area contributed by atoms with E-state index >= 15 is 0 Å². The van der Waals surface area contributed by atoms with Crippen LogP contribution in [0.5, 0.6) is 0 Å². The molecule has 0 radical (unpaired) electrons. The van der Waals surface area contributed by atoms with E-state index in [-0.39, 0.29) is 5.78 Å². The average Bonchev–Trinajstić information content (AvgIpc) is 2.30. The van der Waals surface area contributed by atoms with Gasteiger partial charge >= 0.3 is 0 Å². The van der Waals surface area contributed by atoms with Crippen molar-refractivity contribution < 1.29 is 9.53 Å². The fourth-order valence-corrected chi connectivity index (χ4v) is 2.11. The van der Waals surface area contributed by atoms with Crippen LogP contribution in [0.1, 0.15) is 39.0 Å². The maximum atomic E-state index is 12.0. The van der Waals surface area contributed by atoms with Crippen molar-refractivity contribution >= 4 is 5.78 Å². The Morgan fingerprint density at radius 1 is 1.40 bits per heavy atom. The maximum absolute atomic E-state index is 12.0. The molecule has 15 heavy (non-hydrogen) atoms. The van der Waals surface area contributed by atoms with Crippen LogP contribution >= 0.6 is 0 Å². The number of ether oxygens (including phenoxy) is 1. The highest BCUT2D eigenvalue weighted by Crippen LogP contribution is 2.26. The number of Topliss-reactive ketones (excluding diaryl/α,β-unsaturated/α-hetero) is 1. The molecule has 82 valence electrons. The Bertz CT molecular complexity index is 312. The second-order valence-electron chi connectivity index (χ2n) is 4.56. The van der Waals surface area contributed by atoms with Crippen LogP contribution in [0.3, 0.4) is 0 Å². The number of allylic oxidation sites excluding steroid dienone is 3. The molecule has 0 fully saturated rings. The second kappa shape index (κ2) is 4.65. The molecule has 1 aliphatic heterocycles. The molecule has 0 N–H and O–H groups in total. The predicted octanol–water partition coefficient (Wildman–Crippen LogP) is 3.00. The van der Waals surface area contributed by atoms with Gasteiger partial charge in [-0.25, -0.2) is 0 Å². The molecule has 2 rings (SSSR count). The molecule has 0 aromatic carbocycles. The Balaban J connectivity index is 2.04. The SMILES string of the molecule is CC1CC=C(C(=O)C2=COCCC2)CC1. The van der Waals surface area contributed by atoms with E-state index in [4.69, 9.17) is 4.74 Å². The number of carbonyl (C=O) groups excluding carboxylic acids is 1. The summed E-state index contributed by atoms with van der Waals surface area (Å²) in [6.45, 7) is 2.99. The Kier molecular flexibility index (Phi) is 3.24. The van der Waals surface area contributed by atoms with E-state index in [0.717, 1.165) is 55.8 Å². The maximum Gasteiger partial charge on any atom is 0.187 e. The minimum absolute atomic E-state index is 0.224. The summed E-state index contributed by atoms with van der Waals surface area (Å²) in [4.78, 5) is 12.0. The summed E-state index contributed by atoms with van der Waals surface area (Å²) in [5, 5.41) is 0. The third kappa shape index (κ3) is 2.49. The molecule has 0 aromatic heterocycles. The van der Waals surface area contributed by atoms with Crippen molar-refractivity contribution in [2.75, 3.05) is 6.61 Å². The summed E-state index contributed by atoms with van der Waals surface area (Å²) >= 11 is 0. The fourth-order valence-electron chi connectivity index (χ4n) is 2.11. The van der Waals surface area contributed by atoms with Crippen LogP contribution in [0.15, 0.2) is 23.5 Å². The summed E-state index contributed by atoms with van der Waals surface area (Å²) in [5.41, 5.74) is 1.87. The summed E-state index contributed by atoms with van der Waals surface area (Å²) in [7, 11) is 0. The zero-order valence-electron chi connectivity index (χ0n) is 9.29. The minimum atomic E-state index is 0.224. The highest BCUT2D eigenvalue weighted by Gasteiger charge is 2.20. The number of hydrogen-bond acceptors (Lipinski definition) is 2. The van der Waals surface area contributed by atoms with Gasteiger partial charge in [0.25, 0.3) is 0 Å². The van der Waals surface area contributed by atoms with E-state index in [2.05, 4.69) is 13.0 Å². The summed E-state index contributed by atoms with van der Waals surface area (Å²) in [5.74, 6) is 0.958. The van der Waals surface area contributed by atoms with E-state index in [9.17, 15) is 4.79 Å². The molecule has 0 bridgehead atoms. The van der Waals surface area contributed by atoms with Gasteiger partial charge in [-0.2, -0.15) is 0 Å². The van der Waals surface area contributed by atoms with Crippen LogP contribution in [0.4, 0.5) is 0 Å². The van der Waals surface area contributed by atoms with Crippen LogP contribution in [-0.4, -0.2) is 12.4 Å². The van der Waals surface area contributed by atoms with Gasteiger partial charge in [-0.3, -0.25) is 4.79 Å². The normalized spacial score (nSPS) is 26.3. The van der Waals surface area contributed by atoms with E-state index in [1.807, 2.05) is 0 Å². The van der Waals surface area contributed by atoms with E-state index in [1.165, 1.54) is 0 Å². The lowest BCUT2D eigenvalue weighted by Gasteiger charge is -2.19. The van der Waals surface area contributed by atoms with Crippen molar-refractivity contribution in [2.24, 2.45) is 5.92 Å². The zero-order chi connectivity index (χ0) is 10.7. The summed E-state index contributed by atoms with van der Waals surface area (Å²) < 4.78 is 5.21. The minimum Gasteiger partial charge on any atom is -0.501 e. The standard InChI is InChI=1S/C13H18O2/c1-10-4-6-11(7-5-10)13(14)12-3-2-8-15-9-12/h6,9-10H,2-5,7-8H2,1H3. The molecule has 1 aliphatic carbocycles. The van der Waals surface area contributed by atoms with Crippen LogP contribution in [0.25, 0.3) is 0 Å². The van der Waals surface area contributed by atoms with Gasteiger partial charge in [-0.05, 0) is 43.6 Å². The first-order valence-corrected chi connectivity index (χ1v) is 5.82. The Morgan fingerprint density at radius 3 is 2.87 bits per heavy atom. The molecule has 1 heterocycles. The third-order valence-corrected chi connectivity index (χ3v) is 3.19. The van der Waals surface area contributed by atoms with Crippen molar-refractivity contribution in [3.8, 4) is 0 Å². The van der Waals surface area contributed by atoms with Gasteiger partial charge in [-0.15, -0.1) is 0 Å². The quantitative estimate of drug-likeness (QED) is 0.694. The molecular formula is C13H18O2. The Hall–Kier alpha value is -1.05. The first-order valence-electron chi connectivity index (χ1n) is 5.82. The van der Waals surface area contributed by atoms with Gasteiger partial charge in [0.2, 0.25) is 0 Å². The smallest absolute Gasteiger partial charge is 0.187 e. The van der Waals surface area contributed by atoms with Crippen molar-refractivity contribution in [3.63, 3.8) is 0 Å². The number of ketones is 1. The van der Waals surface area contributed by atoms with Gasteiger partial charge in [0.05, 0.1) is 12.9 Å². The largest absolute Gasteiger partial charge is 0.501 e. The highest BCUT2D eigenvalue weighted by atomic mass is 16.5. The van der Waals surface area contributed by atoms with Crippen LogP contribution < -0.4 is 0 Å². The molecular weight excluding hydrogens is 188 g/mol. The molecule has 1 unspecified atom stereocenters. The molecule has 2 nitrogen and oxygen atoms in total. The van der Waals surface area contributed by atoms with E-state index in [0.29, 0.717) is 0 Å². The third-order valence-electron chi connectivity index (χ3n) is 3.19. The van der Waals surface area contributed by atoms with Gasteiger partial charge < -0.3 is 4.74 Å². The lowest BCUT2D eigenvalue weighted by Crippen LogP contribution is -2.14. The monoisotopic (exact) mass is 206 g/mol. The second-order valence-corrected chi connectivity index (χ2v) is 4.56. The fraction of sp³-hybridized carbons (Fsp3) is 0.615. The van der Waals surface area contributed by atoms with E-state index < -0.39 is 0 Å². The van der Waals surface area contributed by atoms with Gasteiger partial charge in [0.1, 0.15) is 0 Å². The number of carbonyl (C=O) groups is 1. The van der Waals surface area contributed by atoms with Gasteiger partial charge in [-0.1, -0.05) is 13.0 Å². The molecule has 0 amide bonds. The van der Waals surface area contributed by atoms with Gasteiger partial charge in [0, 0.05) is 5.57 Å². The van der Waals surface area contributed by atoms with Crippen molar-refractivity contribution in [1.82, 2.24) is 0 Å². The van der Waals surface area contributed by atoms with Crippen LogP contribution in [0, 0.1) is 5.92 Å².